The average Bonchev–Trinajstić information content (AvgIpc) is 3.01. The molecule has 6 nitrogen and oxygen atoms in total. The highest BCUT2D eigenvalue weighted by Gasteiger charge is 2.23. The first-order valence-corrected chi connectivity index (χ1v) is 8.42. The molecule has 0 spiro atoms. The largest absolute Gasteiger partial charge is 0.460 e. The molecule has 0 aliphatic heterocycles. The summed E-state index contributed by atoms with van der Waals surface area (Å²) in [7, 11) is 0. The first kappa shape index (κ1) is 18.2. The van der Waals surface area contributed by atoms with Gasteiger partial charge in [-0.3, -0.25) is 0 Å². The fourth-order valence-electron chi connectivity index (χ4n) is 2.36. The summed E-state index contributed by atoms with van der Waals surface area (Å²) < 4.78 is 15.9. The van der Waals surface area contributed by atoms with Crippen molar-refractivity contribution in [3.8, 4) is 0 Å². The lowest BCUT2D eigenvalue weighted by Crippen LogP contribution is -2.10. The lowest BCUT2D eigenvalue weighted by molar-refractivity contribution is 0.0435. The zero-order valence-electron chi connectivity index (χ0n) is 13.6. The number of para-hydroxylation sites is 1. The van der Waals surface area contributed by atoms with Crippen molar-refractivity contribution in [2.75, 3.05) is 6.61 Å². The van der Waals surface area contributed by atoms with E-state index in [9.17, 15) is 9.59 Å². The molecule has 0 bridgehead atoms. The lowest BCUT2D eigenvalue weighted by atomic mass is 10.1. The third-order valence-electron chi connectivity index (χ3n) is 3.54. The summed E-state index contributed by atoms with van der Waals surface area (Å²) in [6.07, 6.45) is 1.26. The highest BCUT2D eigenvalue weighted by atomic mass is 35.5. The predicted octanol–water partition coefficient (Wildman–Crippen LogP) is 4.67. The maximum Gasteiger partial charge on any atom is 0.374 e. The van der Waals surface area contributed by atoms with Crippen LogP contribution in [-0.4, -0.2) is 23.5 Å². The molecule has 0 aliphatic rings. The number of fused-ring (bicyclic) bond motifs is 1. The molecule has 0 saturated carbocycles. The number of carbonyl (C=O) groups is 2. The molecular formula is C18H13Cl2NO5. The Hall–Kier alpha value is -2.57. The van der Waals surface area contributed by atoms with Gasteiger partial charge in [0.05, 0.1) is 22.8 Å². The topological polar surface area (TPSA) is 78.6 Å². The van der Waals surface area contributed by atoms with Gasteiger partial charge in [0.25, 0.3) is 0 Å². The molecule has 3 rings (SSSR count). The van der Waals surface area contributed by atoms with E-state index in [1.54, 1.807) is 31.2 Å². The van der Waals surface area contributed by atoms with E-state index in [0.29, 0.717) is 16.5 Å². The SMILES string of the molecule is CCOC(=O)c1oc2ccccc2c1COC(=O)c1cnc(Cl)c(Cl)c1. The molecule has 2 heterocycles. The number of hydrogen-bond donors (Lipinski definition) is 0. The monoisotopic (exact) mass is 393 g/mol. The van der Waals surface area contributed by atoms with Crippen molar-refractivity contribution in [3.05, 3.63) is 63.6 Å². The Morgan fingerprint density at radius 1 is 1.15 bits per heavy atom. The van der Waals surface area contributed by atoms with Gasteiger partial charge in [0.15, 0.2) is 0 Å². The number of rotatable bonds is 5. The summed E-state index contributed by atoms with van der Waals surface area (Å²) in [6, 6.07) is 8.41. The van der Waals surface area contributed by atoms with E-state index < -0.39 is 11.9 Å². The zero-order valence-corrected chi connectivity index (χ0v) is 15.1. The summed E-state index contributed by atoms with van der Waals surface area (Å²) in [5.41, 5.74) is 1.07. The molecule has 26 heavy (non-hydrogen) atoms. The molecule has 0 fully saturated rings. The molecule has 0 radical (unpaired) electrons. The standard InChI is InChI=1S/C18H13Cl2NO5/c1-2-24-18(23)15-12(11-5-3-4-6-14(11)26-15)9-25-17(22)10-7-13(19)16(20)21-8-10/h3-8H,2,9H2,1H3. The van der Waals surface area contributed by atoms with Crippen LogP contribution >= 0.6 is 23.2 Å². The number of hydrogen-bond acceptors (Lipinski definition) is 6. The molecule has 0 atom stereocenters. The number of aromatic nitrogens is 1. The number of nitrogens with zero attached hydrogens (tertiary/aromatic N) is 1. The number of benzene rings is 1. The first-order valence-electron chi connectivity index (χ1n) is 7.67. The third kappa shape index (κ3) is 3.66. The number of pyridine rings is 1. The van der Waals surface area contributed by atoms with Gasteiger partial charge < -0.3 is 13.9 Å². The van der Waals surface area contributed by atoms with Gasteiger partial charge in [0.1, 0.15) is 17.3 Å². The Labute approximate surface area is 158 Å². The number of furan rings is 1. The minimum absolute atomic E-state index is 0.00751. The van der Waals surface area contributed by atoms with E-state index in [0.717, 1.165) is 0 Å². The summed E-state index contributed by atoms with van der Waals surface area (Å²) in [5, 5.41) is 0.895. The smallest absolute Gasteiger partial charge is 0.374 e. The van der Waals surface area contributed by atoms with Crippen LogP contribution in [0.25, 0.3) is 11.0 Å². The van der Waals surface area contributed by atoms with Crippen molar-refractivity contribution in [3.63, 3.8) is 0 Å². The van der Waals surface area contributed by atoms with Crippen LogP contribution < -0.4 is 0 Å². The van der Waals surface area contributed by atoms with E-state index in [1.165, 1.54) is 12.3 Å². The summed E-state index contributed by atoms with van der Waals surface area (Å²) in [5.74, 6) is -1.27. The minimum Gasteiger partial charge on any atom is -0.460 e. The first-order chi connectivity index (χ1) is 12.5. The minimum atomic E-state index is -0.656. The van der Waals surface area contributed by atoms with E-state index in [1.807, 2.05) is 0 Å². The summed E-state index contributed by atoms with van der Waals surface area (Å²) in [4.78, 5) is 28.2. The number of esters is 2. The van der Waals surface area contributed by atoms with E-state index in [2.05, 4.69) is 4.98 Å². The number of halogens is 2. The molecule has 0 N–H and O–H groups in total. The average molecular weight is 394 g/mol. The quantitative estimate of drug-likeness (QED) is 0.462. The van der Waals surface area contributed by atoms with Crippen molar-refractivity contribution in [2.24, 2.45) is 0 Å². The predicted molar refractivity (Wildman–Crippen MR) is 95.5 cm³/mol. The van der Waals surface area contributed by atoms with Gasteiger partial charge in [-0.05, 0) is 19.1 Å². The molecule has 3 aromatic rings. The summed E-state index contributed by atoms with van der Waals surface area (Å²) >= 11 is 11.6. The second-order valence-electron chi connectivity index (χ2n) is 5.20. The van der Waals surface area contributed by atoms with Crippen LogP contribution in [0.15, 0.2) is 40.9 Å². The van der Waals surface area contributed by atoms with Gasteiger partial charge in [-0.1, -0.05) is 41.4 Å². The van der Waals surface area contributed by atoms with Crippen LogP contribution in [0.1, 0.15) is 33.4 Å². The Morgan fingerprint density at radius 2 is 1.92 bits per heavy atom. The van der Waals surface area contributed by atoms with Gasteiger partial charge in [-0.15, -0.1) is 0 Å². The van der Waals surface area contributed by atoms with Crippen molar-refractivity contribution >= 4 is 46.1 Å². The van der Waals surface area contributed by atoms with E-state index >= 15 is 0 Å². The Bertz CT molecular complexity index is 983. The van der Waals surface area contributed by atoms with Gasteiger partial charge in [0.2, 0.25) is 5.76 Å². The number of carbonyl (C=O) groups excluding carboxylic acids is 2. The van der Waals surface area contributed by atoms with Crippen LogP contribution in [0.4, 0.5) is 0 Å². The van der Waals surface area contributed by atoms with E-state index in [4.69, 9.17) is 37.1 Å². The molecule has 1 aromatic carbocycles. The van der Waals surface area contributed by atoms with Gasteiger partial charge in [-0.2, -0.15) is 0 Å². The molecule has 0 aliphatic carbocycles. The van der Waals surface area contributed by atoms with Crippen molar-refractivity contribution in [1.29, 1.82) is 0 Å². The maximum atomic E-state index is 12.2. The molecule has 134 valence electrons. The fourth-order valence-corrected chi connectivity index (χ4v) is 2.63. The Balaban J connectivity index is 1.87. The van der Waals surface area contributed by atoms with Crippen molar-refractivity contribution in [1.82, 2.24) is 4.98 Å². The second kappa shape index (κ2) is 7.76. The van der Waals surface area contributed by atoms with E-state index in [-0.39, 0.29) is 34.7 Å². The third-order valence-corrected chi connectivity index (χ3v) is 4.22. The zero-order chi connectivity index (χ0) is 18.7. The van der Waals surface area contributed by atoms with Crippen LogP contribution in [0.2, 0.25) is 10.2 Å². The molecule has 0 amide bonds. The fraction of sp³-hybridized carbons (Fsp3) is 0.167. The molecule has 0 saturated heterocycles. The van der Waals surface area contributed by atoms with Crippen molar-refractivity contribution < 1.29 is 23.5 Å². The van der Waals surface area contributed by atoms with Gasteiger partial charge >= 0.3 is 11.9 Å². The second-order valence-corrected chi connectivity index (χ2v) is 5.96. The normalized spacial score (nSPS) is 10.7. The van der Waals surface area contributed by atoms with Crippen LogP contribution in [0, 0.1) is 0 Å². The Kier molecular flexibility index (Phi) is 5.44. The molecule has 8 heteroatoms. The number of ether oxygens (including phenoxy) is 2. The van der Waals surface area contributed by atoms with Crippen molar-refractivity contribution in [2.45, 2.75) is 13.5 Å². The van der Waals surface area contributed by atoms with Crippen LogP contribution in [0.3, 0.4) is 0 Å². The summed E-state index contributed by atoms with van der Waals surface area (Å²) in [6.45, 7) is 1.71. The van der Waals surface area contributed by atoms with Gasteiger partial charge in [-0.25, -0.2) is 14.6 Å². The molecular weight excluding hydrogens is 381 g/mol. The highest BCUT2D eigenvalue weighted by molar-refractivity contribution is 6.41. The van der Waals surface area contributed by atoms with Crippen LogP contribution in [0.5, 0.6) is 0 Å². The maximum absolute atomic E-state index is 12.2. The molecule has 0 unspecified atom stereocenters. The lowest BCUT2D eigenvalue weighted by Gasteiger charge is -2.06. The highest BCUT2D eigenvalue weighted by Crippen LogP contribution is 2.28. The Morgan fingerprint density at radius 3 is 2.65 bits per heavy atom. The molecule has 2 aromatic heterocycles. The van der Waals surface area contributed by atoms with Gasteiger partial charge in [0, 0.05) is 11.6 Å². The van der Waals surface area contributed by atoms with Crippen LogP contribution in [-0.2, 0) is 16.1 Å².